The highest BCUT2D eigenvalue weighted by molar-refractivity contribution is 5.91. The monoisotopic (exact) mass is 372 g/mol. The fourth-order valence-electron chi connectivity index (χ4n) is 3.05. The van der Waals surface area contributed by atoms with Crippen molar-refractivity contribution >= 4 is 23.5 Å². The number of aromatic nitrogens is 1. The number of nitrogens with one attached hydrogen (secondary N) is 1. The summed E-state index contributed by atoms with van der Waals surface area (Å²) in [4.78, 5) is 32.2. The first kappa shape index (κ1) is 18.8. The lowest BCUT2D eigenvalue weighted by Gasteiger charge is -2.18. The molecule has 0 spiro atoms. The predicted octanol–water partition coefficient (Wildman–Crippen LogP) is 3.03. The summed E-state index contributed by atoms with van der Waals surface area (Å²) in [5.74, 6) is 1.44. The summed E-state index contributed by atoms with van der Waals surface area (Å²) in [7, 11) is 2.97. The number of pyridine rings is 1. The van der Waals surface area contributed by atoms with Gasteiger partial charge in [-0.1, -0.05) is 0 Å². The number of ether oxygens (including phenoxy) is 1. The summed E-state index contributed by atoms with van der Waals surface area (Å²) in [5, 5.41) is 2.81. The molecule has 1 saturated heterocycles. The summed E-state index contributed by atoms with van der Waals surface area (Å²) in [6.07, 6.45) is 4.04. The van der Waals surface area contributed by atoms with Crippen LogP contribution in [0.2, 0.25) is 0 Å². The average Bonchev–Trinajstić information content (AvgIpc) is 3.31. The van der Waals surface area contributed by atoms with E-state index in [1.807, 2.05) is 12.1 Å². The van der Waals surface area contributed by atoms with Gasteiger partial charge >= 0.3 is 12.0 Å². The number of nitrogens with zero attached hydrogens (tertiary/aromatic N) is 3. The molecule has 27 heavy (non-hydrogen) atoms. The number of rotatable bonds is 5. The molecular weight excluding hydrogens is 348 g/mol. The van der Waals surface area contributed by atoms with E-state index in [1.54, 1.807) is 26.2 Å². The van der Waals surface area contributed by atoms with Crippen LogP contribution in [-0.2, 0) is 11.3 Å². The Labute approximate surface area is 158 Å². The normalized spacial score (nSPS) is 13.5. The maximum atomic E-state index is 12.4. The van der Waals surface area contributed by atoms with Crippen LogP contribution >= 0.6 is 0 Å². The maximum Gasteiger partial charge on any atom is 0.341 e. The first-order valence-electron chi connectivity index (χ1n) is 8.88. The molecule has 1 aliphatic heterocycles. The van der Waals surface area contributed by atoms with Crippen molar-refractivity contribution < 1.29 is 18.7 Å². The molecule has 0 saturated carbocycles. The highest BCUT2D eigenvalue weighted by Crippen LogP contribution is 2.20. The molecule has 0 unspecified atom stereocenters. The quantitative estimate of drug-likeness (QED) is 0.812. The molecule has 3 heterocycles. The second kappa shape index (κ2) is 8.11. The van der Waals surface area contributed by atoms with E-state index in [0.29, 0.717) is 22.8 Å². The Morgan fingerprint density at radius 3 is 2.70 bits per heavy atom. The summed E-state index contributed by atoms with van der Waals surface area (Å²) in [6, 6.07) is 5.06. The fraction of sp³-hybridized carbons (Fsp3) is 0.421. The molecule has 2 aromatic heterocycles. The van der Waals surface area contributed by atoms with Crippen molar-refractivity contribution in [3.05, 3.63) is 41.5 Å². The lowest BCUT2D eigenvalue weighted by Crippen LogP contribution is -2.30. The van der Waals surface area contributed by atoms with Gasteiger partial charge in [-0.05, 0) is 38.0 Å². The Kier molecular flexibility index (Phi) is 5.63. The van der Waals surface area contributed by atoms with E-state index < -0.39 is 5.97 Å². The van der Waals surface area contributed by atoms with Gasteiger partial charge in [0.15, 0.2) is 0 Å². The number of hydrogen-bond donors (Lipinski definition) is 1. The van der Waals surface area contributed by atoms with E-state index in [9.17, 15) is 9.59 Å². The summed E-state index contributed by atoms with van der Waals surface area (Å²) >= 11 is 0. The van der Waals surface area contributed by atoms with E-state index in [2.05, 4.69) is 15.2 Å². The summed E-state index contributed by atoms with van der Waals surface area (Å²) in [5.41, 5.74) is 0.990. The Hall–Kier alpha value is -3.03. The van der Waals surface area contributed by atoms with Gasteiger partial charge in [0, 0.05) is 20.1 Å². The van der Waals surface area contributed by atoms with Crippen LogP contribution in [0.5, 0.6) is 0 Å². The van der Waals surface area contributed by atoms with Crippen LogP contribution in [0.3, 0.4) is 0 Å². The van der Waals surface area contributed by atoms with Crippen molar-refractivity contribution in [1.82, 2.24) is 9.88 Å². The standard InChI is InChI=1S/C19H24N4O4/c1-13-16(18(24)26-3)10-15(27-13)12-22(2)19(25)21-14-6-7-17(20-11-14)23-8-4-5-9-23/h6-7,10-11H,4-5,8-9,12H2,1-3H3,(H,21,25). The molecule has 8 nitrogen and oxygen atoms in total. The molecule has 3 rings (SSSR count). The topological polar surface area (TPSA) is 87.9 Å². The Morgan fingerprint density at radius 2 is 2.07 bits per heavy atom. The van der Waals surface area contributed by atoms with Crippen molar-refractivity contribution in [2.45, 2.75) is 26.3 Å². The summed E-state index contributed by atoms with van der Waals surface area (Å²) < 4.78 is 10.2. The van der Waals surface area contributed by atoms with Gasteiger partial charge in [0.25, 0.3) is 0 Å². The minimum Gasteiger partial charge on any atom is -0.465 e. The minimum atomic E-state index is -0.459. The maximum absolute atomic E-state index is 12.4. The third-order valence-corrected chi connectivity index (χ3v) is 4.54. The lowest BCUT2D eigenvalue weighted by molar-refractivity contribution is 0.0598. The largest absolute Gasteiger partial charge is 0.465 e. The van der Waals surface area contributed by atoms with Gasteiger partial charge in [0.1, 0.15) is 22.9 Å². The molecule has 1 fully saturated rings. The van der Waals surface area contributed by atoms with Gasteiger partial charge in [-0.3, -0.25) is 0 Å². The van der Waals surface area contributed by atoms with Crippen LogP contribution < -0.4 is 10.2 Å². The van der Waals surface area contributed by atoms with Gasteiger partial charge in [-0.15, -0.1) is 0 Å². The van der Waals surface area contributed by atoms with E-state index >= 15 is 0 Å². The first-order valence-corrected chi connectivity index (χ1v) is 8.88. The molecule has 1 aliphatic rings. The van der Waals surface area contributed by atoms with Gasteiger partial charge in [0.05, 0.1) is 25.5 Å². The molecule has 0 aliphatic carbocycles. The molecule has 0 bridgehead atoms. The molecule has 144 valence electrons. The number of hydrogen-bond acceptors (Lipinski definition) is 6. The zero-order valence-electron chi connectivity index (χ0n) is 15.8. The van der Waals surface area contributed by atoms with E-state index in [0.717, 1.165) is 18.9 Å². The Balaban J connectivity index is 1.58. The second-order valence-electron chi connectivity index (χ2n) is 6.56. The van der Waals surface area contributed by atoms with Crippen molar-refractivity contribution in [2.75, 3.05) is 37.5 Å². The van der Waals surface area contributed by atoms with E-state index in [1.165, 1.54) is 24.9 Å². The third-order valence-electron chi connectivity index (χ3n) is 4.54. The van der Waals surface area contributed by atoms with E-state index in [4.69, 9.17) is 9.15 Å². The Morgan fingerprint density at radius 1 is 1.33 bits per heavy atom. The van der Waals surface area contributed by atoms with Crippen LogP contribution in [0, 0.1) is 6.92 Å². The smallest absolute Gasteiger partial charge is 0.341 e. The summed E-state index contributed by atoms with van der Waals surface area (Å²) in [6.45, 7) is 3.96. The van der Waals surface area contributed by atoms with Crippen molar-refractivity contribution in [3.8, 4) is 0 Å². The molecule has 2 aromatic rings. The number of carbonyl (C=O) groups excluding carboxylic acids is 2. The fourth-order valence-corrected chi connectivity index (χ4v) is 3.05. The number of furan rings is 1. The highest BCUT2D eigenvalue weighted by Gasteiger charge is 2.18. The number of methoxy groups -OCH3 is 1. The van der Waals surface area contributed by atoms with Crippen LogP contribution in [-0.4, -0.2) is 49.1 Å². The molecule has 0 aromatic carbocycles. The molecular formula is C19H24N4O4. The molecule has 2 amide bonds. The number of urea groups is 1. The Bertz CT molecular complexity index is 810. The van der Waals surface area contributed by atoms with Crippen LogP contribution in [0.1, 0.15) is 34.7 Å². The predicted molar refractivity (Wildman–Crippen MR) is 101 cm³/mol. The van der Waals surface area contributed by atoms with Gasteiger partial charge < -0.3 is 24.3 Å². The average molecular weight is 372 g/mol. The lowest BCUT2D eigenvalue weighted by atomic mass is 10.2. The van der Waals surface area contributed by atoms with Gasteiger partial charge in [0.2, 0.25) is 0 Å². The van der Waals surface area contributed by atoms with Crippen LogP contribution in [0.25, 0.3) is 0 Å². The zero-order valence-corrected chi connectivity index (χ0v) is 15.8. The number of anilines is 2. The minimum absolute atomic E-state index is 0.225. The highest BCUT2D eigenvalue weighted by atomic mass is 16.5. The van der Waals surface area contributed by atoms with Crippen LogP contribution in [0.4, 0.5) is 16.3 Å². The number of carbonyl (C=O) groups is 2. The number of aryl methyl sites for hydroxylation is 1. The van der Waals surface area contributed by atoms with E-state index in [-0.39, 0.29) is 12.6 Å². The number of amides is 2. The molecule has 0 radical (unpaired) electrons. The zero-order chi connectivity index (χ0) is 19.4. The van der Waals surface area contributed by atoms with Crippen molar-refractivity contribution in [2.24, 2.45) is 0 Å². The SMILES string of the molecule is COC(=O)c1cc(CN(C)C(=O)Nc2ccc(N3CCCC3)nc2)oc1C. The number of esters is 1. The van der Waals surface area contributed by atoms with Gasteiger partial charge in [-0.2, -0.15) is 0 Å². The second-order valence-corrected chi connectivity index (χ2v) is 6.56. The first-order chi connectivity index (χ1) is 13.0. The molecule has 8 heteroatoms. The van der Waals surface area contributed by atoms with Crippen molar-refractivity contribution in [3.63, 3.8) is 0 Å². The molecule has 0 atom stereocenters. The van der Waals surface area contributed by atoms with Crippen molar-refractivity contribution in [1.29, 1.82) is 0 Å². The van der Waals surface area contributed by atoms with Gasteiger partial charge in [-0.25, -0.2) is 14.6 Å². The molecule has 1 N–H and O–H groups in total. The van der Waals surface area contributed by atoms with Crippen LogP contribution in [0.15, 0.2) is 28.8 Å². The third kappa shape index (κ3) is 4.39.